The van der Waals surface area contributed by atoms with Crippen LogP contribution in [0, 0.1) is 12.3 Å². The summed E-state index contributed by atoms with van der Waals surface area (Å²) in [6.45, 7) is 2.56. The van der Waals surface area contributed by atoms with Gasteiger partial charge in [0, 0.05) is 16.8 Å². The minimum atomic E-state index is -0.470. The highest BCUT2D eigenvalue weighted by Gasteiger charge is 2.56. The van der Waals surface area contributed by atoms with Crippen LogP contribution in [0.3, 0.4) is 0 Å². The lowest BCUT2D eigenvalue weighted by atomic mass is 9.69. The fourth-order valence-corrected chi connectivity index (χ4v) is 4.41. The minimum absolute atomic E-state index is 0.147. The Bertz CT molecular complexity index is 419. The lowest BCUT2D eigenvalue weighted by Gasteiger charge is -2.38. The van der Waals surface area contributed by atoms with Gasteiger partial charge < -0.3 is 15.6 Å². The second-order valence-corrected chi connectivity index (χ2v) is 6.28. The van der Waals surface area contributed by atoms with Crippen molar-refractivity contribution in [2.75, 3.05) is 6.54 Å². The van der Waals surface area contributed by atoms with Crippen LogP contribution in [0.4, 0.5) is 0 Å². The first-order valence-electron chi connectivity index (χ1n) is 6.25. The summed E-state index contributed by atoms with van der Waals surface area (Å²) >= 11 is 1.62. The maximum atomic E-state index is 10.7. The van der Waals surface area contributed by atoms with Crippen LogP contribution in [0.2, 0.25) is 0 Å². The van der Waals surface area contributed by atoms with Gasteiger partial charge in [0.1, 0.15) is 0 Å². The summed E-state index contributed by atoms with van der Waals surface area (Å²) in [5.74, 6) is 0. The van der Waals surface area contributed by atoms with Crippen LogP contribution in [0.15, 0.2) is 11.4 Å². The van der Waals surface area contributed by atoms with E-state index in [2.05, 4.69) is 6.07 Å². The van der Waals surface area contributed by atoms with Crippen LogP contribution in [0.1, 0.15) is 35.8 Å². The Balaban J connectivity index is 1.94. The number of hydrogen-bond acceptors (Lipinski definition) is 4. The van der Waals surface area contributed by atoms with Crippen LogP contribution in [0.25, 0.3) is 0 Å². The van der Waals surface area contributed by atoms with Crippen LogP contribution < -0.4 is 5.73 Å². The minimum Gasteiger partial charge on any atom is -0.387 e. The summed E-state index contributed by atoms with van der Waals surface area (Å²) in [7, 11) is 0. The molecule has 0 saturated carbocycles. The van der Waals surface area contributed by atoms with Crippen molar-refractivity contribution in [3.05, 3.63) is 21.9 Å². The molecule has 3 N–H and O–H groups in total. The van der Waals surface area contributed by atoms with E-state index in [-0.39, 0.29) is 11.5 Å². The maximum Gasteiger partial charge on any atom is 0.0978 e. The normalized spacial score (nSPS) is 37.6. The SMILES string of the molecule is Cc1ccsc1C(O)C1(CN)CC2CCC1O2. The molecule has 2 bridgehead atoms. The first kappa shape index (κ1) is 11.7. The molecule has 3 nitrogen and oxygen atoms in total. The molecule has 94 valence electrons. The highest BCUT2D eigenvalue weighted by atomic mass is 32.1. The molecule has 2 fully saturated rings. The molecule has 1 aromatic rings. The summed E-state index contributed by atoms with van der Waals surface area (Å²) in [4.78, 5) is 1.06. The van der Waals surface area contributed by atoms with Gasteiger partial charge in [0.15, 0.2) is 0 Å². The van der Waals surface area contributed by atoms with Crippen molar-refractivity contribution >= 4 is 11.3 Å². The number of fused-ring (bicyclic) bond motifs is 2. The van der Waals surface area contributed by atoms with E-state index in [1.807, 2.05) is 12.3 Å². The summed E-state index contributed by atoms with van der Waals surface area (Å²) < 4.78 is 5.90. The van der Waals surface area contributed by atoms with E-state index < -0.39 is 6.10 Å². The largest absolute Gasteiger partial charge is 0.387 e. The van der Waals surface area contributed by atoms with Gasteiger partial charge in [-0.25, -0.2) is 0 Å². The smallest absolute Gasteiger partial charge is 0.0978 e. The van der Waals surface area contributed by atoms with Crippen molar-refractivity contribution in [2.45, 2.75) is 44.5 Å². The van der Waals surface area contributed by atoms with Crippen molar-refractivity contribution in [3.63, 3.8) is 0 Å². The van der Waals surface area contributed by atoms with Gasteiger partial charge in [-0.05, 0) is 43.2 Å². The van der Waals surface area contributed by atoms with E-state index in [0.717, 1.165) is 29.7 Å². The maximum absolute atomic E-state index is 10.7. The molecule has 2 saturated heterocycles. The monoisotopic (exact) mass is 253 g/mol. The summed E-state index contributed by atoms with van der Waals surface area (Å²) in [6, 6.07) is 2.06. The van der Waals surface area contributed by atoms with Crippen LogP contribution in [-0.2, 0) is 4.74 Å². The molecule has 17 heavy (non-hydrogen) atoms. The molecule has 0 aromatic carbocycles. The Hall–Kier alpha value is -0.420. The van der Waals surface area contributed by atoms with E-state index >= 15 is 0 Å². The van der Waals surface area contributed by atoms with Gasteiger partial charge in [0.2, 0.25) is 0 Å². The molecule has 3 heterocycles. The number of aliphatic hydroxyl groups excluding tert-OH is 1. The van der Waals surface area contributed by atoms with Crippen molar-refractivity contribution in [1.29, 1.82) is 0 Å². The first-order valence-corrected chi connectivity index (χ1v) is 7.13. The second-order valence-electron chi connectivity index (χ2n) is 5.34. The van der Waals surface area contributed by atoms with Gasteiger partial charge in [-0.1, -0.05) is 0 Å². The number of ether oxygens (including phenoxy) is 1. The zero-order valence-electron chi connectivity index (χ0n) is 10.1. The average Bonchev–Trinajstić information content (AvgIpc) is 3.02. The molecule has 1 aromatic heterocycles. The summed E-state index contributed by atoms with van der Waals surface area (Å²) in [5.41, 5.74) is 6.89. The van der Waals surface area contributed by atoms with Gasteiger partial charge in [0.25, 0.3) is 0 Å². The second kappa shape index (κ2) is 4.05. The Morgan fingerprint density at radius 1 is 1.65 bits per heavy atom. The Labute approximate surface area is 106 Å². The predicted molar refractivity (Wildman–Crippen MR) is 68.0 cm³/mol. The molecule has 4 heteroatoms. The zero-order chi connectivity index (χ0) is 12.0. The molecular formula is C13H19NO2S. The molecule has 4 unspecified atom stereocenters. The number of aryl methyl sites for hydroxylation is 1. The molecule has 0 amide bonds. The summed E-state index contributed by atoms with van der Waals surface area (Å²) in [6.07, 6.45) is 3.08. The quantitative estimate of drug-likeness (QED) is 0.866. The van der Waals surface area contributed by atoms with E-state index in [1.165, 1.54) is 0 Å². The van der Waals surface area contributed by atoms with Crippen molar-refractivity contribution in [3.8, 4) is 0 Å². The van der Waals surface area contributed by atoms with Gasteiger partial charge in [-0.2, -0.15) is 0 Å². The molecule has 2 aliphatic rings. The van der Waals surface area contributed by atoms with Gasteiger partial charge in [-0.15, -0.1) is 11.3 Å². The van der Waals surface area contributed by atoms with Crippen molar-refractivity contribution in [2.24, 2.45) is 11.1 Å². The predicted octanol–water partition coefficient (Wildman–Crippen LogP) is 1.99. The average molecular weight is 253 g/mol. The van der Waals surface area contributed by atoms with Crippen LogP contribution >= 0.6 is 11.3 Å². The molecule has 0 aliphatic carbocycles. The van der Waals surface area contributed by atoms with E-state index in [9.17, 15) is 5.11 Å². The fraction of sp³-hybridized carbons (Fsp3) is 0.692. The standard InChI is InChI=1S/C13H19NO2S/c1-8-4-5-17-11(8)12(15)13(7-14)6-9-2-3-10(13)16-9/h4-5,9-10,12,15H,2-3,6-7,14H2,1H3. The molecule has 4 atom stereocenters. The topological polar surface area (TPSA) is 55.5 Å². The van der Waals surface area contributed by atoms with Crippen LogP contribution in [0.5, 0.6) is 0 Å². The Morgan fingerprint density at radius 3 is 2.94 bits per heavy atom. The molecular weight excluding hydrogens is 234 g/mol. The van der Waals surface area contributed by atoms with Gasteiger partial charge in [-0.3, -0.25) is 0 Å². The molecule has 0 radical (unpaired) electrons. The number of aliphatic hydroxyl groups is 1. The molecule has 3 rings (SSSR count). The van der Waals surface area contributed by atoms with Crippen molar-refractivity contribution < 1.29 is 9.84 Å². The third-order valence-electron chi connectivity index (χ3n) is 4.43. The van der Waals surface area contributed by atoms with E-state index in [0.29, 0.717) is 12.6 Å². The van der Waals surface area contributed by atoms with E-state index in [1.54, 1.807) is 11.3 Å². The third-order valence-corrected chi connectivity index (χ3v) is 5.50. The Morgan fingerprint density at radius 2 is 2.47 bits per heavy atom. The highest BCUT2D eigenvalue weighted by molar-refractivity contribution is 7.10. The van der Waals surface area contributed by atoms with Crippen molar-refractivity contribution in [1.82, 2.24) is 0 Å². The number of thiophene rings is 1. The molecule has 0 spiro atoms. The lowest BCUT2D eigenvalue weighted by molar-refractivity contribution is -0.0248. The summed E-state index contributed by atoms with van der Waals surface area (Å²) in [5, 5.41) is 12.7. The van der Waals surface area contributed by atoms with Crippen LogP contribution in [-0.4, -0.2) is 23.9 Å². The fourth-order valence-electron chi connectivity index (χ4n) is 3.37. The van der Waals surface area contributed by atoms with Gasteiger partial charge in [0.05, 0.1) is 18.3 Å². The number of hydrogen-bond donors (Lipinski definition) is 2. The number of rotatable bonds is 3. The molecule has 2 aliphatic heterocycles. The first-order chi connectivity index (χ1) is 8.17. The van der Waals surface area contributed by atoms with E-state index in [4.69, 9.17) is 10.5 Å². The lowest BCUT2D eigenvalue weighted by Crippen LogP contribution is -2.44. The van der Waals surface area contributed by atoms with Gasteiger partial charge >= 0.3 is 0 Å². The Kier molecular flexibility index (Phi) is 2.78. The zero-order valence-corrected chi connectivity index (χ0v) is 10.9. The highest BCUT2D eigenvalue weighted by Crippen LogP contribution is 2.54. The third kappa shape index (κ3) is 1.58. The number of nitrogens with two attached hydrogens (primary N) is 1.